The summed E-state index contributed by atoms with van der Waals surface area (Å²) in [4.78, 5) is 0. The van der Waals surface area contributed by atoms with E-state index >= 15 is 0 Å². The number of para-hydroxylation sites is 1. The Morgan fingerprint density at radius 2 is 1.85 bits per heavy atom. The van der Waals surface area contributed by atoms with Gasteiger partial charge < -0.3 is 15.2 Å². The molecule has 0 aromatic heterocycles. The first-order valence-corrected chi connectivity index (χ1v) is 6.24. The minimum absolute atomic E-state index is 0.0349. The molecule has 0 aliphatic heterocycles. The quantitative estimate of drug-likeness (QED) is 0.877. The first-order valence-electron chi connectivity index (χ1n) is 6.24. The number of hydrogen-bond acceptors (Lipinski definition) is 3. The third kappa shape index (κ3) is 3.17. The fraction of sp³-hybridized carbons (Fsp3) is 0.200. The highest BCUT2D eigenvalue weighted by Crippen LogP contribution is 2.27. The number of aromatic hydroxyl groups is 1. The predicted molar refractivity (Wildman–Crippen MR) is 73.0 cm³/mol. The molecule has 0 aliphatic rings. The molecule has 0 unspecified atom stereocenters. The maximum atomic E-state index is 13.5. The normalized spacial score (nSPS) is 10.3. The van der Waals surface area contributed by atoms with Crippen molar-refractivity contribution in [3.63, 3.8) is 0 Å². The molecular weight excluding hydrogens is 264 g/mol. The third-order valence-electron chi connectivity index (χ3n) is 2.76. The van der Waals surface area contributed by atoms with Crippen molar-refractivity contribution in [2.45, 2.75) is 13.5 Å². The van der Waals surface area contributed by atoms with Crippen LogP contribution in [0.4, 0.5) is 14.5 Å². The molecule has 0 aliphatic carbocycles. The van der Waals surface area contributed by atoms with Gasteiger partial charge in [0.2, 0.25) is 0 Å². The Morgan fingerprint density at radius 1 is 1.15 bits per heavy atom. The number of ether oxygens (including phenoxy) is 1. The van der Waals surface area contributed by atoms with Crippen LogP contribution in [-0.2, 0) is 6.54 Å². The number of anilines is 1. The lowest BCUT2D eigenvalue weighted by molar-refractivity contribution is 0.318. The average Bonchev–Trinajstić information content (AvgIpc) is 2.42. The van der Waals surface area contributed by atoms with E-state index in [1.807, 2.05) is 0 Å². The summed E-state index contributed by atoms with van der Waals surface area (Å²) < 4.78 is 32.2. The highest BCUT2D eigenvalue weighted by Gasteiger charge is 2.08. The van der Waals surface area contributed by atoms with Gasteiger partial charge in [0.1, 0.15) is 17.3 Å². The number of rotatable bonds is 5. The molecule has 2 aromatic rings. The standard InChI is InChI=1S/C15H15F2NO2/c1-2-20-14-8-10(6-7-13(14)19)9-18-15-11(16)4-3-5-12(15)17/h3-8,18-19H,2,9H2,1H3. The molecule has 3 nitrogen and oxygen atoms in total. The van der Waals surface area contributed by atoms with Crippen molar-refractivity contribution in [2.75, 3.05) is 11.9 Å². The van der Waals surface area contributed by atoms with Gasteiger partial charge >= 0.3 is 0 Å². The summed E-state index contributed by atoms with van der Waals surface area (Å²) in [6, 6.07) is 8.46. The predicted octanol–water partition coefficient (Wildman–Crippen LogP) is 3.68. The number of nitrogens with one attached hydrogen (secondary N) is 1. The van der Waals surface area contributed by atoms with E-state index in [0.717, 1.165) is 5.56 Å². The van der Waals surface area contributed by atoms with E-state index in [2.05, 4.69) is 5.32 Å². The minimum atomic E-state index is -0.645. The van der Waals surface area contributed by atoms with Crippen LogP contribution >= 0.6 is 0 Å². The van der Waals surface area contributed by atoms with E-state index in [1.54, 1.807) is 19.1 Å². The lowest BCUT2D eigenvalue weighted by atomic mass is 10.2. The van der Waals surface area contributed by atoms with Crippen molar-refractivity contribution in [2.24, 2.45) is 0 Å². The van der Waals surface area contributed by atoms with Crippen molar-refractivity contribution in [1.29, 1.82) is 0 Å². The summed E-state index contributed by atoms with van der Waals surface area (Å²) in [6.07, 6.45) is 0. The second kappa shape index (κ2) is 6.23. The van der Waals surface area contributed by atoms with Crippen LogP contribution in [0.5, 0.6) is 11.5 Å². The highest BCUT2D eigenvalue weighted by atomic mass is 19.1. The van der Waals surface area contributed by atoms with E-state index in [0.29, 0.717) is 12.4 Å². The summed E-state index contributed by atoms with van der Waals surface area (Å²) in [7, 11) is 0. The topological polar surface area (TPSA) is 41.5 Å². The van der Waals surface area contributed by atoms with Crippen LogP contribution in [0.2, 0.25) is 0 Å². The van der Waals surface area contributed by atoms with Gasteiger partial charge in [0.15, 0.2) is 11.5 Å². The number of phenols is 1. The van der Waals surface area contributed by atoms with Crippen LogP contribution < -0.4 is 10.1 Å². The lowest BCUT2D eigenvalue weighted by Gasteiger charge is -2.11. The van der Waals surface area contributed by atoms with E-state index in [-0.39, 0.29) is 18.0 Å². The molecule has 0 bridgehead atoms. The van der Waals surface area contributed by atoms with E-state index < -0.39 is 11.6 Å². The van der Waals surface area contributed by atoms with Gasteiger partial charge in [-0.25, -0.2) is 8.78 Å². The number of halogens is 2. The van der Waals surface area contributed by atoms with Gasteiger partial charge in [0.25, 0.3) is 0 Å². The zero-order valence-electron chi connectivity index (χ0n) is 11.0. The Labute approximate surface area is 115 Å². The van der Waals surface area contributed by atoms with Gasteiger partial charge in [-0.1, -0.05) is 12.1 Å². The average molecular weight is 279 g/mol. The monoisotopic (exact) mass is 279 g/mol. The molecule has 2 rings (SSSR count). The maximum Gasteiger partial charge on any atom is 0.161 e. The smallest absolute Gasteiger partial charge is 0.161 e. The number of hydrogen-bond donors (Lipinski definition) is 2. The second-order valence-electron chi connectivity index (χ2n) is 4.19. The van der Waals surface area contributed by atoms with Crippen LogP contribution in [0.15, 0.2) is 36.4 Å². The summed E-state index contributed by atoms with van der Waals surface area (Å²) in [5, 5.41) is 12.3. The Bertz CT molecular complexity index is 582. The molecule has 0 radical (unpaired) electrons. The molecule has 0 saturated heterocycles. The molecule has 5 heteroatoms. The van der Waals surface area contributed by atoms with E-state index in [9.17, 15) is 13.9 Å². The molecule has 2 N–H and O–H groups in total. The van der Waals surface area contributed by atoms with Crippen molar-refractivity contribution >= 4 is 5.69 Å². The van der Waals surface area contributed by atoms with Gasteiger partial charge in [-0.15, -0.1) is 0 Å². The van der Waals surface area contributed by atoms with Gasteiger partial charge in [0.05, 0.1) is 6.61 Å². The summed E-state index contributed by atoms with van der Waals surface area (Å²) in [5.74, 6) is -0.906. The Morgan fingerprint density at radius 3 is 2.50 bits per heavy atom. The molecule has 20 heavy (non-hydrogen) atoms. The molecule has 106 valence electrons. The Balaban J connectivity index is 2.13. The SMILES string of the molecule is CCOc1cc(CNc2c(F)cccc2F)ccc1O. The maximum absolute atomic E-state index is 13.5. The third-order valence-corrected chi connectivity index (χ3v) is 2.76. The molecule has 2 aromatic carbocycles. The van der Waals surface area contributed by atoms with E-state index in [4.69, 9.17) is 4.74 Å². The fourth-order valence-electron chi connectivity index (χ4n) is 1.80. The number of benzene rings is 2. The summed E-state index contributed by atoms with van der Waals surface area (Å²) >= 11 is 0. The van der Waals surface area contributed by atoms with Crippen LogP contribution in [-0.4, -0.2) is 11.7 Å². The largest absolute Gasteiger partial charge is 0.504 e. The van der Waals surface area contributed by atoms with Crippen molar-refractivity contribution in [3.8, 4) is 11.5 Å². The Kier molecular flexibility index (Phi) is 4.40. The molecule has 0 saturated carbocycles. The van der Waals surface area contributed by atoms with Crippen LogP contribution in [0.3, 0.4) is 0 Å². The fourth-order valence-corrected chi connectivity index (χ4v) is 1.80. The molecule has 0 fully saturated rings. The minimum Gasteiger partial charge on any atom is -0.504 e. The number of phenolic OH excluding ortho intramolecular Hbond substituents is 1. The van der Waals surface area contributed by atoms with Gasteiger partial charge in [0, 0.05) is 6.54 Å². The molecule has 0 amide bonds. The molecular formula is C15H15F2NO2. The molecule has 0 atom stereocenters. The highest BCUT2D eigenvalue weighted by molar-refractivity contribution is 5.48. The van der Waals surface area contributed by atoms with Crippen LogP contribution in [0.1, 0.15) is 12.5 Å². The first kappa shape index (κ1) is 14.1. The summed E-state index contributed by atoms with van der Waals surface area (Å²) in [6.45, 7) is 2.45. The van der Waals surface area contributed by atoms with Gasteiger partial charge in [-0.2, -0.15) is 0 Å². The zero-order chi connectivity index (χ0) is 14.5. The lowest BCUT2D eigenvalue weighted by Crippen LogP contribution is -2.04. The van der Waals surface area contributed by atoms with Gasteiger partial charge in [-0.05, 0) is 36.8 Å². The Hall–Kier alpha value is -2.30. The van der Waals surface area contributed by atoms with Crippen molar-refractivity contribution in [3.05, 3.63) is 53.6 Å². The van der Waals surface area contributed by atoms with Crippen molar-refractivity contribution in [1.82, 2.24) is 0 Å². The van der Waals surface area contributed by atoms with Crippen LogP contribution in [0, 0.1) is 11.6 Å². The second-order valence-corrected chi connectivity index (χ2v) is 4.19. The van der Waals surface area contributed by atoms with E-state index in [1.165, 1.54) is 24.3 Å². The van der Waals surface area contributed by atoms with Crippen LogP contribution in [0.25, 0.3) is 0 Å². The summed E-state index contributed by atoms with van der Waals surface area (Å²) in [5.41, 5.74) is 0.576. The van der Waals surface area contributed by atoms with Gasteiger partial charge in [-0.3, -0.25) is 0 Å². The van der Waals surface area contributed by atoms with Crippen molar-refractivity contribution < 1.29 is 18.6 Å². The molecule has 0 heterocycles. The first-order chi connectivity index (χ1) is 9.61. The zero-order valence-corrected chi connectivity index (χ0v) is 11.0. The molecule has 0 spiro atoms.